The number of hydrogen-bond acceptors (Lipinski definition) is 7. The Balaban J connectivity index is 1.47. The lowest BCUT2D eigenvalue weighted by Gasteiger charge is -2.18. The van der Waals surface area contributed by atoms with E-state index in [-0.39, 0.29) is 25.3 Å². The number of anilines is 1. The standard InChI is InChI=1S/C27H29N5O6/c33-22-13-11-19(12-14-22)15-23(30-27(37)38-18-20-7-3-1-4-8-20)26(36)29-16-24(34)28-17-25(35)32-31-21-9-5-2-6-10-21/h1-14,23,31,33H,15-18H2,(H,28,34)(H,29,36)(H,30,37)(H,32,35)/t23-/m0/s1. The van der Waals surface area contributed by atoms with Crippen molar-refractivity contribution in [2.45, 2.75) is 19.1 Å². The molecule has 6 N–H and O–H groups in total. The Morgan fingerprint density at radius 1 is 0.737 bits per heavy atom. The summed E-state index contributed by atoms with van der Waals surface area (Å²) in [5.74, 6) is -1.64. The normalized spacial score (nSPS) is 10.9. The van der Waals surface area contributed by atoms with Gasteiger partial charge in [0.15, 0.2) is 0 Å². The van der Waals surface area contributed by atoms with Crippen molar-refractivity contribution in [3.05, 3.63) is 96.1 Å². The molecule has 0 spiro atoms. The number of aromatic hydroxyl groups is 1. The van der Waals surface area contributed by atoms with Crippen LogP contribution in [0.1, 0.15) is 11.1 Å². The predicted octanol–water partition coefficient (Wildman–Crippen LogP) is 1.61. The molecule has 198 valence electrons. The molecule has 0 fully saturated rings. The van der Waals surface area contributed by atoms with E-state index in [1.165, 1.54) is 12.1 Å². The number of benzene rings is 3. The lowest BCUT2D eigenvalue weighted by Crippen LogP contribution is -2.50. The Kier molecular flexibility index (Phi) is 10.5. The smallest absolute Gasteiger partial charge is 0.408 e. The van der Waals surface area contributed by atoms with Crippen LogP contribution in [0.4, 0.5) is 10.5 Å². The van der Waals surface area contributed by atoms with Gasteiger partial charge < -0.3 is 25.8 Å². The van der Waals surface area contributed by atoms with Crippen LogP contribution >= 0.6 is 0 Å². The monoisotopic (exact) mass is 519 g/mol. The third-order valence-electron chi connectivity index (χ3n) is 5.19. The summed E-state index contributed by atoms with van der Waals surface area (Å²) in [5, 5.41) is 16.9. The van der Waals surface area contributed by atoms with Crippen molar-refractivity contribution in [3.63, 3.8) is 0 Å². The van der Waals surface area contributed by atoms with Crippen LogP contribution in [0.25, 0.3) is 0 Å². The number of phenols is 1. The van der Waals surface area contributed by atoms with Gasteiger partial charge in [-0.3, -0.25) is 25.2 Å². The molecule has 11 nitrogen and oxygen atoms in total. The number of alkyl carbamates (subject to hydrolysis) is 1. The molecule has 0 aliphatic heterocycles. The SMILES string of the molecule is O=C(CNC(=O)[C@H](Cc1ccc(O)cc1)NC(=O)OCc1ccccc1)NCC(=O)NNc1ccccc1. The fourth-order valence-corrected chi connectivity index (χ4v) is 3.22. The molecule has 0 aliphatic rings. The van der Waals surface area contributed by atoms with Crippen molar-refractivity contribution in [2.24, 2.45) is 0 Å². The highest BCUT2D eigenvalue weighted by molar-refractivity contribution is 5.91. The summed E-state index contributed by atoms with van der Waals surface area (Å²) < 4.78 is 5.21. The summed E-state index contributed by atoms with van der Waals surface area (Å²) >= 11 is 0. The Labute approximate surface area is 219 Å². The largest absolute Gasteiger partial charge is 0.508 e. The number of phenolic OH excluding ortho intramolecular Hbond substituents is 1. The van der Waals surface area contributed by atoms with Crippen molar-refractivity contribution in [1.82, 2.24) is 21.4 Å². The van der Waals surface area contributed by atoms with Crippen LogP contribution < -0.4 is 26.8 Å². The van der Waals surface area contributed by atoms with Gasteiger partial charge in [-0.05, 0) is 35.4 Å². The first-order chi connectivity index (χ1) is 18.4. The molecule has 11 heteroatoms. The van der Waals surface area contributed by atoms with Crippen molar-refractivity contribution in [2.75, 3.05) is 18.5 Å². The van der Waals surface area contributed by atoms with E-state index in [9.17, 15) is 24.3 Å². The van der Waals surface area contributed by atoms with Gasteiger partial charge in [0.25, 0.3) is 5.91 Å². The average molecular weight is 520 g/mol. The maximum atomic E-state index is 12.8. The number of para-hydroxylation sites is 1. The van der Waals surface area contributed by atoms with Gasteiger partial charge in [0.1, 0.15) is 18.4 Å². The lowest BCUT2D eigenvalue weighted by molar-refractivity contribution is -0.128. The van der Waals surface area contributed by atoms with Crippen molar-refractivity contribution >= 4 is 29.5 Å². The number of hydrogen-bond donors (Lipinski definition) is 6. The van der Waals surface area contributed by atoms with E-state index in [1.807, 2.05) is 24.3 Å². The zero-order valence-corrected chi connectivity index (χ0v) is 20.5. The third kappa shape index (κ3) is 9.90. The molecule has 3 aromatic rings. The summed E-state index contributed by atoms with van der Waals surface area (Å²) in [6.45, 7) is -0.704. The Bertz CT molecular complexity index is 1210. The first-order valence-electron chi connectivity index (χ1n) is 11.8. The summed E-state index contributed by atoms with van der Waals surface area (Å²) in [4.78, 5) is 49.3. The molecule has 0 bridgehead atoms. The van der Waals surface area contributed by atoms with Crippen molar-refractivity contribution < 1.29 is 29.0 Å². The topological polar surface area (TPSA) is 158 Å². The Morgan fingerprint density at radius 3 is 2.05 bits per heavy atom. The molecule has 4 amide bonds. The number of rotatable bonds is 12. The molecule has 3 aromatic carbocycles. The summed E-state index contributed by atoms with van der Waals surface area (Å²) in [6, 6.07) is 23.1. The maximum absolute atomic E-state index is 12.8. The Morgan fingerprint density at radius 2 is 1.37 bits per heavy atom. The van der Waals surface area contributed by atoms with Gasteiger partial charge in [-0.2, -0.15) is 0 Å². The molecule has 0 aliphatic carbocycles. The number of carbonyl (C=O) groups excluding carboxylic acids is 4. The number of nitrogens with one attached hydrogen (secondary N) is 5. The Hall–Kier alpha value is -5.06. The average Bonchev–Trinajstić information content (AvgIpc) is 2.94. The molecule has 0 radical (unpaired) electrons. The van der Waals surface area contributed by atoms with Gasteiger partial charge in [-0.25, -0.2) is 4.79 Å². The van der Waals surface area contributed by atoms with E-state index < -0.39 is 36.4 Å². The van der Waals surface area contributed by atoms with Gasteiger partial charge in [0.2, 0.25) is 11.8 Å². The molecule has 1 atom stereocenters. The highest BCUT2D eigenvalue weighted by atomic mass is 16.5. The second-order valence-electron chi connectivity index (χ2n) is 8.16. The minimum Gasteiger partial charge on any atom is -0.508 e. The minimum atomic E-state index is -1.06. The van der Waals surface area contributed by atoms with E-state index in [4.69, 9.17) is 4.74 Å². The van der Waals surface area contributed by atoms with E-state index in [0.717, 1.165) is 5.56 Å². The second kappa shape index (κ2) is 14.5. The maximum Gasteiger partial charge on any atom is 0.408 e. The second-order valence-corrected chi connectivity index (χ2v) is 8.16. The van der Waals surface area contributed by atoms with Crippen molar-refractivity contribution in [3.8, 4) is 5.75 Å². The van der Waals surface area contributed by atoms with Gasteiger partial charge in [0, 0.05) is 6.42 Å². The number of carbonyl (C=O) groups is 4. The van der Waals surface area contributed by atoms with Crippen LogP contribution in [0.3, 0.4) is 0 Å². The number of amides is 4. The fraction of sp³-hybridized carbons (Fsp3) is 0.185. The van der Waals surface area contributed by atoms with Crippen LogP contribution in [-0.4, -0.2) is 48.1 Å². The zero-order valence-electron chi connectivity index (χ0n) is 20.5. The van der Waals surface area contributed by atoms with Crippen LogP contribution in [0.2, 0.25) is 0 Å². The van der Waals surface area contributed by atoms with Crippen molar-refractivity contribution in [1.29, 1.82) is 0 Å². The molecule has 0 unspecified atom stereocenters. The van der Waals surface area contributed by atoms with Gasteiger partial charge in [-0.15, -0.1) is 0 Å². The summed E-state index contributed by atoms with van der Waals surface area (Å²) in [5.41, 5.74) is 7.27. The van der Waals surface area contributed by atoms with E-state index in [0.29, 0.717) is 11.3 Å². The van der Waals surface area contributed by atoms with E-state index in [2.05, 4.69) is 26.8 Å². The van der Waals surface area contributed by atoms with Crippen LogP contribution in [0.5, 0.6) is 5.75 Å². The summed E-state index contributed by atoms with van der Waals surface area (Å²) in [6.07, 6.45) is -0.721. The van der Waals surface area contributed by atoms with Crippen LogP contribution in [-0.2, 0) is 32.1 Å². The highest BCUT2D eigenvalue weighted by Gasteiger charge is 2.23. The van der Waals surface area contributed by atoms with Crippen LogP contribution in [0, 0.1) is 0 Å². The molecular weight excluding hydrogens is 490 g/mol. The van der Waals surface area contributed by atoms with Crippen LogP contribution in [0.15, 0.2) is 84.9 Å². The highest BCUT2D eigenvalue weighted by Crippen LogP contribution is 2.12. The lowest BCUT2D eigenvalue weighted by atomic mass is 10.1. The molecule has 0 saturated heterocycles. The molecule has 3 rings (SSSR count). The fourth-order valence-electron chi connectivity index (χ4n) is 3.22. The minimum absolute atomic E-state index is 0.0177. The predicted molar refractivity (Wildman–Crippen MR) is 140 cm³/mol. The number of ether oxygens (including phenoxy) is 1. The third-order valence-corrected chi connectivity index (χ3v) is 5.19. The van der Waals surface area contributed by atoms with E-state index >= 15 is 0 Å². The molecule has 0 heterocycles. The van der Waals surface area contributed by atoms with E-state index in [1.54, 1.807) is 48.5 Å². The molecular formula is C27H29N5O6. The number of hydrazine groups is 1. The summed E-state index contributed by atoms with van der Waals surface area (Å²) in [7, 11) is 0. The van der Waals surface area contributed by atoms with Gasteiger partial charge in [-0.1, -0.05) is 60.7 Å². The zero-order chi connectivity index (χ0) is 27.2. The van der Waals surface area contributed by atoms with Gasteiger partial charge in [0.05, 0.1) is 18.8 Å². The first-order valence-corrected chi connectivity index (χ1v) is 11.8. The molecule has 0 aromatic heterocycles. The quantitative estimate of drug-likeness (QED) is 0.198. The molecule has 38 heavy (non-hydrogen) atoms. The first kappa shape index (κ1) is 27.5. The van der Waals surface area contributed by atoms with Gasteiger partial charge >= 0.3 is 6.09 Å². The molecule has 0 saturated carbocycles.